The Morgan fingerprint density at radius 1 is 1.40 bits per heavy atom. The Labute approximate surface area is 92.1 Å². The van der Waals surface area contributed by atoms with E-state index < -0.39 is 0 Å². The van der Waals surface area contributed by atoms with Crippen molar-refractivity contribution in [1.29, 1.82) is 0 Å². The Morgan fingerprint density at radius 2 is 2.13 bits per heavy atom. The Bertz CT molecular complexity index is 272. The number of amides is 1. The van der Waals surface area contributed by atoms with Crippen LogP contribution in [0.25, 0.3) is 0 Å². The third kappa shape index (κ3) is 2.61. The summed E-state index contributed by atoms with van der Waals surface area (Å²) in [7, 11) is 0. The van der Waals surface area contributed by atoms with Crippen molar-refractivity contribution in [1.82, 2.24) is 5.32 Å². The summed E-state index contributed by atoms with van der Waals surface area (Å²) in [5.74, 6) is 0.543. The van der Waals surface area contributed by atoms with Gasteiger partial charge in [0.25, 0.3) is 0 Å². The van der Waals surface area contributed by atoms with Crippen LogP contribution in [0.4, 0.5) is 0 Å². The van der Waals surface area contributed by atoms with Crippen molar-refractivity contribution in [2.75, 3.05) is 0 Å². The fourth-order valence-corrected chi connectivity index (χ4v) is 2.69. The first kappa shape index (κ1) is 10.7. The molecule has 0 radical (unpaired) electrons. The summed E-state index contributed by atoms with van der Waals surface area (Å²) < 4.78 is 0. The van der Waals surface area contributed by atoms with Gasteiger partial charge in [0.1, 0.15) is 0 Å². The summed E-state index contributed by atoms with van der Waals surface area (Å²) in [5.41, 5.74) is 0.393. The van der Waals surface area contributed by atoms with E-state index in [2.05, 4.69) is 31.3 Å². The molecule has 0 saturated heterocycles. The highest BCUT2D eigenvalue weighted by atomic mass is 16.2. The van der Waals surface area contributed by atoms with Crippen LogP contribution in [0.1, 0.15) is 46.0 Å². The fourth-order valence-electron chi connectivity index (χ4n) is 2.69. The maximum atomic E-state index is 11.8. The van der Waals surface area contributed by atoms with Crippen LogP contribution in [-0.2, 0) is 4.79 Å². The minimum atomic E-state index is 0.269. The van der Waals surface area contributed by atoms with Gasteiger partial charge < -0.3 is 5.32 Å². The van der Waals surface area contributed by atoms with E-state index in [-0.39, 0.29) is 11.8 Å². The summed E-state index contributed by atoms with van der Waals surface area (Å²) in [6.45, 7) is 4.47. The van der Waals surface area contributed by atoms with E-state index in [1.165, 1.54) is 12.8 Å². The Balaban J connectivity index is 1.78. The van der Waals surface area contributed by atoms with Gasteiger partial charge in [0.05, 0.1) is 0 Å². The molecule has 1 atom stereocenters. The van der Waals surface area contributed by atoms with Crippen molar-refractivity contribution in [2.45, 2.75) is 52.0 Å². The van der Waals surface area contributed by atoms with E-state index in [4.69, 9.17) is 0 Å². The van der Waals surface area contributed by atoms with Crippen molar-refractivity contribution < 1.29 is 4.79 Å². The minimum absolute atomic E-state index is 0.269. The second-order valence-electron chi connectivity index (χ2n) is 5.74. The molecule has 0 aromatic carbocycles. The maximum absolute atomic E-state index is 11.8. The Morgan fingerprint density at radius 3 is 2.67 bits per heavy atom. The first-order valence-electron chi connectivity index (χ1n) is 6.04. The van der Waals surface area contributed by atoms with Gasteiger partial charge in [-0.1, -0.05) is 26.0 Å². The number of hydrogen-bond donors (Lipinski definition) is 1. The molecule has 2 rings (SSSR count). The smallest absolute Gasteiger partial charge is 0.223 e. The molecule has 0 aromatic heterocycles. The molecular formula is C13H21NO. The molecule has 0 aliphatic heterocycles. The monoisotopic (exact) mass is 207 g/mol. The first-order chi connectivity index (χ1) is 7.07. The zero-order valence-electron chi connectivity index (χ0n) is 9.75. The topological polar surface area (TPSA) is 29.1 Å². The molecule has 0 aromatic rings. The molecule has 2 aliphatic rings. The Kier molecular flexibility index (Phi) is 2.85. The summed E-state index contributed by atoms with van der Waals surface area (Å²) in [6, 6.07) is 0.301. The van der Waals surface area contributed by atoms with Gasteiger partial charge in [-0.3, -0.25) is 4.79 Å². The molecule has 1 N–H and O–H groups in total. The lowest BCUT2D eigenvalue weighted by Crippen LogP contribution is -2.45. The van der Waals surface area contributed by atoms with E-state index in [0.717, 1.165) is 19.3 Å². The average molecular weight is 207 g/mol. The predicted octanol–water partition coefficient (Wildman–Crippen LogP) is 2.65. The lowest BCUT2D eigenvalue weighted by molar-refractivity contribution is -0.132. The SMILES string of the molecule is CC1(C)CC(C(=O)NC2C=CCCC2)C1. The molecule has 0 spiro atoms. The third-order valence-corrected chi connectivity index (χ3v) is 3.55. The zero-order valence-corrected chi connectivity index (χ0v) is 9.75. The standard InChI is InChI=1S/C13H21NO/c1-13(2)8-10(9-13)12(15)14-11-6-4-3-5-7-11/h4,6,10-11H,3,5,7-9H2,1-2H3,(H,14,15). The van der Waals surface area contributed by atoms with Gasteiger partial charge in [-0.05, 0) is 37.5 Å². The van der Waals surface area contributed by atoms with Crippen LogP contribution in [-0.4, -0.2) is 11.9 Å². The number of carbonyl (C=O) groups excluding carboxylic acids is 1. The second kappa shape index (κ2) is 3.99. The first-order valence-corrected chi connectivity index (χ1v) is 6.04. The van der Waals surface area contributed by atoms with E-state index >= 15 is 0 Å². The highest BCUT2D eigenvalue weighted by molar-refractivity contribution is 5.80. The van der Waals surface area contributed by atoms with Crippen molar-refractivity contribution in [3.8, 4) is 0 Å². The number of rotatable bonds is 2. The summed E-state index contributed by atoms with van der Waals surface area (Å²) in [5, 5.41) is 3.13. The largest absolute Gasteiger partial charge is 0.350 e. The normalized spacial score (nSPS) is 29.6. The van der Waals surface area contributed by atoms with E-state index in [1.807, 2.05) is 0 Å². The van der Waals surface area contributed by atoms with Crippen LogP contribution in [0, 0.1) is 11.3 Å². The molecule has 0 bridgehead atoms. The van der Waals surface area contributed by atoms with Gasteiger partial charge in [-0.2, -0.15) is 0 Å². The van der Waals surface area contributed by atoms with Gasteiger partial charge in [0.2, 0.25) is 5.91 Å². The number of allylic oxidation sites excluding steroid dienone is 1. The predicted molar refractivity (Wildman–Crippen MR) is 61.4 cm³/mol. The minimum Gasteiger partial charge on any atom is -0.350 e. The fraction of sp³-hybridized carbons (Fsp3) is 0.769. The quantitative estimate of drug-likeness (QED) is 0.693. The van der Waals surface area contributed by atoms with Crippen LogP contribution in [0.3, 0.4) is 0 Å². The summed E-state index contributed by atoms with van der Waals surface area (Å²) >= 11 is 0. The number of carbonyl (C=O) groups is 1. The van der Waals surface area contributed by atoms with Crippen LogP contribution in [0.2, 0.25) is 0 Å². The Hall–Kier alpha value is -0.790. The van der Waals surface area contributed by atoms with Crippen molar-refractivity contribution >= 4 is 5.91 Å². The molecular weight excluding hydrogens is 186 g/mol. The maximum Gasteiger partial charge on any atom is 0.223 e. The molecule has 2 aliphatic carbocycles. The number of hydrogen-bond acceptors (Lipinski definition) is 1. The van der Waals surface area contributed by atoms with Gasteiger partial charge in [0.15, 0.2) is 0 Å². The van der Waals surface area contributed by atoms with E-state index in [9.17, 15) is 4.79 Å². The van der Waals surface area contributed by atoms with Gasteiger partial charge in [-0.25, -0.2) is 0 Å². The molecule has 1 unspecified atom stereocenters. The third-order valence-electron chi connectivity index (χ3n) is 3.55. The van der Waals surface area contributed by atoms with Crippen LogP contribution in [0.15, 0.2) is 12.2 Å². The zero-order chi connectivity index (χ0) is 10.9. The van der Waals surface area contributed by atoms with E-state index in [0.29, 0.717) is 11.5 Å². The van der Waals surface area contributed by atoms with Crippen LogP contribution in [0.5, 0.6) is 0 Å². The van der Waals surface area contributed by atoms with Crippen molar-refractivity contribution in [3.05, 3.63) is 12.2 Å². The highest BCUT2D eigenvalue weighted by Gasteiger charge is 2.40. The molecule has 1 saturated carbocycles. The average Bonchev–Trinajstić information content (AvgIpc) is 2.15. The van der Waals surface area contributed by atoms with Gasteiger partial charge >= 0.3 is 0 Å². The second-order valence-corrected chi connectivity index (χ2v) is 5.74. The molecule has 1 amide bonds. The summed E-state index contributed by atoms with van der Waals surface area (Å²) in [4.78, 5) is 11.8. The summed E-state index contributed by atoms with van der Waals surface area (Å²) in [6.07, 6.45) is 9.91. The molecule has 2 heteroatoms. The van der Waals surface area contributed by atoms with Crippen LogP contribution >= 0.6 is 0 Å². The van der Waals surface area contributed by atoms with Crippen molar-refractivity contribution in [3.63, 3.8) is 0 Å². The van der Waals surface area contributed by atoms with Gasteiger partial charge in [-0.15, -0.1) is 0 Å². The lowest BCUT2D eigenvalue weighted by atomic mass is 9.64. The van der Waals surface area contributed by atoms with E-state index in [1.54, 1.807) is 0 Å². The lowest BCUT2D eigenvalue weighted by Gasteiger charge is -2.42. The number of nitrogens with one attached hydrogen (secondary N) is 1. The van der Waals surface area contributed by atoms with Crippen LogP contribution < -0.4 is 5.32 Å². The molecule has 84 valence electrons. The molecule has 15 heavy (non-hydrogen) atoms. The highest BCUT2D eigenvalue weighted by Crippen LogP contribution is 2.44. The van der Waals surface area contributed by atoms with Crippen molar-refractivity contribution in [2.24, 2.45) is 11.3 Å². The molecule has 0 heterocycles. The molecule has 1 fully saturated rings. The molecule has 2 nitrogen and oxygen atoms in total. The van der Waals surface area contributed by atoms with Gasteiger partial charge in [0, 0.05) is 12.0 Å².